The molecule has 0 atom stereocenters. The number of halogens is 8. The molecule has 2 aromatic carbocycles. The van der Waals surface area contributed by atoms with Crippen LogP contribution in [0.15, 0.2) is 36.4 Å². The Labute approximate surface area is 157 Å². The van der Waals surface area contributed by atoms with Gasteiger partial charge < -0.3 is 9.88 Å². The van der Waals surface area contributed by atoms with Crippen LogP contribution in [0, 0.1) is 11.6 Å². The summed E-state index contributed by atoms with van der Waals surface area (Å²) in [5, 5.41) is 2.09. The van der Waals surface area contributed by atoms with Gasteiger partial charge in [-0.05, 0) is 30.3 Å². The molecule has 1 N–H and O–H groups in total. The van der Waals surface area contributed by atoms with Crippen LogP contribution in [0.1, 0.15) is 21.6 Å². The highest BCUT2D eigenvalue weighted by Gasteiger charge is 2.37. The Balaban J connectivity index is 2.03. The van der Waals surface area contributed by atoms with E-state index in [-0.39, 0.29) is 22.7 Å². The number of carbonyl (C=O) groups is 1. The Hall–Kier alpha value is -3.11. The van der Waals surface area contributed by atoms with Crippen LogP contribution in [0.5, 0.6) is 0 Å². The topological polar surface area (TPSA) is 34.0 Å². The molecule has 0 saturated carbocycles. The second kappa shape index (κ2) is 6.75. The summed E-state index contributed by atoms with van der Waals surface area (Å²) in [5.41, 5.74) is -4.04. The lowest BCUT2D eigenvalue weighted by Crippen LogP contribution is -2.17. The van der Waals surface area contributed by atoms with E-state index in [4.69, 9.17) is 0 Å². The van der Waals surface area contributed by atoms with Crippen LogP contribution in [-0.2, 0) is 19.4 Å². The van der Waals surface area contributed by atoms with Crippen LogP contribution in [-0.4, -0.2) is 10.5 Å². The lowest BCUT2D eigenvalue weighted by atomic mass is 10.1. The number of amides is 1. The van der Waals surface area contributed by atoms with Crippen molar-refractivity contribution in [3.05, 3.63) is 64.9 Å². The van der Waals surface area contributed by atoms with Gasteiger partial charge in [0.15, 0.2) is 11.6 Å². The normalized spacial score (nSPS) is 12.4. The molecule has 0 spiro atoms. The zero-order valence-corrected chi connectivity index (χ0v) is 14.3. The molecule has 3 rings (SSSR count). The van der Waals surface area contributed by atoms with E-state index in [0.717, 1.165) is 22.8 Å². The molecule has 0 aliphatic carbocycles. The Morgan fingerprint density at radius 2 is 1.34 bits per heavy atom. The Kier molecular flexibility index (Phi) is 4.80. The summed E-state index contributed by atoms with van der Waals surface area (Å²) >= 11 is 0. The Bertz CT molecular complexity index is 1080. The van der Waals surface area contributed by atoms with E-state index >= 15 is 0 Å². The standard InChI is InChI=1S/C18H10F8N2O/c1-28-14-7-13(20)12(19)2-8(14)3-15(28)16(29)27-11-5-9(17(21,22)23)4-10(6-11)18(24,25)26/h2-7H,1H3,(H,27,29). The van der Waals surface area contributed by atoms with Crippen LogP contribution >= 0.6 is 0 Å². The number of rotatable bonds is 2. The van der Waals surface area contributed by atoms with Gasteiger partial charge in [-0.25, -0.2) is 8.78 Å². The summed E-state index contributed by atoms with van der Waals surface area (Å²) in [6, 6.07) is 3.40. The number of nitrogens with zero attached hydrogens (tertiary/aromatic N) is 1. The average Bonchev–Trinajstić information content (AvgIpc) is 2.90. The highest BCUT2D eigenvalue weighted by atomic mass is 19.4. The highest BCUT2D eigenvalue weighted by Crippen LogP contribution is 2.37. The van der Waals surface area contributed by atoms with Crippen molar-refractivity contribution < 1.29 is 39.9 Å². The van der Waals surface area contributed by atoms with Crippen molar-refractivity contribution in [2.24, 2.45) is 7.05 Å². The molecule has 11 heteroatoms. The maximum atomic E-state index is 13.4. The third-order valence-corrected chi connectivity index (χ3v) is 4.16. The van der Waals surface area contributed by atoms with E-state index in [1.54, 1.807) is 0 Å². The number of carbonyl (C=O) groups excluding carboxylic acids is 1. The van der Waals surface area contributed by atoms with Gasteiger partial charge in [0.1, 0.15) is 5.69 Å². The fourth-order valence-electron chi connectivity index (χ4n) is 2.77. The van der Waals surface area contributed by atoms with Gasteiger partial charge in [-0.1, -0.05) is 0 Å². The van der Waals surface area contributed by atoms with Crippen LogP contribution < -0.4 is 5.32 Å². The van der Waals surface area contributed by atoms with Crippen LogP contribution in [0.4, 0.5) is 40.8 Å². The zero-order valence-electron chi connectivity index (χ0n) is 14.3. The second-order valence-electron chi connectivity index (χ2n) is 6.16. The summed E-state index contributed by atoms with van der Waals surface area (Å²) in [5.74, 6) is -3.42. The first-order valence-corrected chi connectivity index (χ1v) is 7.82. The minimum Gasteiger partial charge on any atom is -0.340 e. The molecule has 1 aromatic heterocycles. The van der Waals surface area contributed by atoms with E-state index < -0.39 is 46.7 Å². The summed E-state index contributed by atoms with van der Waals surface area (Å²) in [7, 11) is 1.31. The summed E-state index contributed by atoms with van der Waals surface area (Å²) in [4.78, 5) is 12.4. The van der Waals surface area contributed by atoms with Crippen molar-refractivity contribution in [2.45, 2.75) is 12.4 Å². The molecule has 0 fully saturated rings. The number of hydrogen-bond donors (Lipinski definition) is 1. The van der Waals surface area contributed by atoms with Crippen molar-refractivity contribution >= 4 is 22.5 Å². The molecule has 1 heterocycles. The van der Waals surface area contributed by atoms with Gasteiger partial charge in [-0.15, -0.1) is 0 Å². The molecule has 154 valence electrons. The maximum Gasteiger partial charge on any atom is 0.416 e. The lowest BCUT2D eigenvalue weighted by Gasteiger charge is -2.15. The third-order valence-electron chi connectivity index (χ3n) is 4.16. The number of nitrogens with one attached hydrogen (secondary N) is 1. The summed E-state index contributed by atoms with van der Waals surface area (Å²) < 4.78 is 105. The number of hydrogen-bond acceptors (Lipinski definition) is 1. The number of fused-ring (bicyclic) bond motifs is 1. The molecule has 0 unspecified atom stereocenters. The van der Waals surface area contributed by atoms with Gasteiger partial charge in [0.05, 0.1) is 16.6 Å². The lowest BCUT2D eigenvalue weighted by molar-refractivity contribution is -0.143. The molecular formula is C18H10F8N2O. The number of benzene rings is 2. The molecule has 0 aliphatic heterocycles. The van der Waals surface area contributed by atoms with Crippen molar-refractivity contribution in [1.82, 2.24) is 4.57 Å². The molecule has 1 amide bonds. The largest absolute Gasteiger partial charge is 0.416 e. The quantitative estimate of drug-likeness (QED) is 0.525. The van der Waals surface area contributed by atoms with Gasteiger partial charge in [0, 0.05) is 24.2 Å². The predicted octanol–water partition coefficient (Wildman–Crippen LogP) is 5.75. The molecule has 0 radical (unpaired) electrons. The van der Waals surface area contributed by atoms with E-state index in [2.05, 4.69) is 0 Å². The fourth-order valence-corrected chi connectivity index (χ4v) is 2.77. The fraction of sp³-hybridized carbons (Fsp3) is 0.167. The van der Waals surface area contributed by atoms with Crippen molar-refractivity contribution in [1.29, 1.82) is 0 Å². The van der Waals surface area contributed by atoms with E-state index in [1.807, 2.05) is 5.32 Å². The predicted molar refractivity (Wildman–Crippen MR) is 87.2 cm³/mol. The van der Waals surface area contributed by atoms with Crippen molar-refractivity contribution in [2.75, 3.05) is 5.32 Å². The molecule has 3 nitrogen and oxygen atoms in total. The van der Waals surface area contributed by atoms with E-state index in [9.17, 15) is 39.9 Å². The molecule has 0 bridgehead atoms. The van der Waals surface area contributed by atoms with Crippen LogP contribution in [0.3, 0.4) is 0 Å². The number of aromatic nitrogens is 1. The molecule has 29 heavy (non-hydrogen) atoms. The minimum absolute atomic E-state index is 0.0714. The van der Waals surface area contributed by atoms with Crippen molar-refractivity contribution in [3.63, 3.8) is 0 Å². The molecular weight excluding hydrogens is 412 g/mol. The summed E-state index contributed by atoms with van der Waals surface area (Å²) in [6.45, 7) is 0. The van der Waals surface area contributed by atoms with Gasteiger partial charge in [0.25, 0.3) is 5.91 Å². The molecule has 3 aromatic rings. The first kappa shape index (κ1) is 20.6. The SMILES string of the molecule is Cn1c(C(=O)Nc2cc(C(F)(F)F)cc(C(F)(F)F)c2)cc2cc(F)c(F)cc21. The first-order valence-electron chi connectivity index (χ1n) is 7.82. The van der Waals surface area contributed by atoms with E-state index in [1.165, 1.54) is 7.05 Å². The monoisotopic (exact) mass is 422 g/mol. The maximum absolute atomic E-state index is 13.4. The average molecular weight is 422 g/mol. The number of alkyl halides is 6. The van der Waals surface area contributed by atoms with Crippen LogP contribution in [0.2, 0.25) is 0 Å². The second-order valence-corrected chi connectivity index (χ2v) is 6.16. The van der Waals surface area contributed by atoms with Gasteiger partial charge >= 0.3 is 12.4 Å². The number of aryl methyl sites for hydroxylation is 1. The van der Waals surface area contributed by atoms with Crippen LogP contribution in [0.25, 0.3) is 10.9 Å². The van der Waals surface area contributed by atoms with E-state index in [0.29, 0.717) is 12.1 Å². The van der Waals surface area contributed by atoms with Gasteiger partial charge in [-0.3, -0.25) is 4.79 Å². The summed E-state index contributed by atoms with van der Waals surface area (Å²) in [6.07, 6.45) is -10.1. The molecule has 0 aliphatic rings. The zero-order chi connectivity index (χ0) is 21.7. The van der Waals surface area contributed by atoms with Gasteiger partial charge in [-0.2, -0.15) is 26.3 Å². The molecule has 0 saturated heterocycles. The first-order chi connectivity index (χ1) is 13.3. The van der Waals surface area contributed by atoms with Gasteiger partial charge in [0.2, 0.25) is 0 Å². The third kappa shape index (κ3) is 4.03. The Morgan fingerprint density at radius 3 is 1.86 bits per heavy atom. The number of anilines is 1. The highest BCUT2D eigenvalue weighted by molar-refractivity contribution is 6.06. The van der Waals surface area contributed by atoms with Crippen molar-refractivity contribution in [3.8, 4) is 0 Å². The Morgan fingerprint density at radius 1 is 0.828 bits per heavy atom. The smallest absolute Gasteiger partial charge is 0.340 e. The minimum atomic E-state index is -5.07.